The first-order valence-electron chi connectivity index (χ1n) is 7.98. The molecule has 0 atom stereocenters. The number of nitriles is 1. The zero-order valence-electron chi connectivity index (χ0n) is 14.5. The van der Waals surface area contributed by atoms with Crippen LogP contribution in [0, 0.1) is 11.3 Å². The molecule has 0 aliphatic carbocycles. The molecule has 0 bridgehead atoms. The van der Waals surface area contributed by atoms with Crippen LogP contribution in [-0.2, 0) is 11.4 Å². The molecular weight excluding hydrogens is 346 g/mol. The SMILES string of the molecule is CN=C1S/C(=C/c2ccccc2OCc2ccccc2C#N)C(=O)N1C. The number of amides is 1. The number of hydrogen-bond donors (Lipinski definition) is 0. The normalized spacial score (nSPS) is 17.0. The van der Waals surface area contributed by atoms with Crippen LogP contribution in [0.3, 0.4) is 0 Å². The van der Waals surface area contributed by atoms with Gasteiger partial charge in [-0.15, -0.1) is 0 Å². The number of hydrogen-bond acceptors (Lipinski definition) is 5. The molecule has 1 amide bonds. The van der Waals surface area contributed by atoms with Gasteiger partial charge in [-0.05, 0) is 30.0 Å². The Kier molecular flexibility index (Phi) is 5.40. The van der Waals surface area contributed by atoms with Crippen molar-refractivity contribution >= 4 is 28.9 Å². The summed E-state index contributed by atoms with van der Waals surface area (Å²) >= 11 is 1.34. The van der Waals surface area contributed by atoms with Crippen LogP contribution >= 0.6 is 11.8 Å². The lowest BCUT2D eigenvalue weighted by Crippen LogP contribution is -2.23. The maximum atomic E-state index is 12.3. The van der Waals surface area contributed by atoms with Crippen molar-refractivity contribution in [2.75, 3.05) is 14.1 Å². The van der Waals surface area contributed by atoms with Crippen LogP contribution in [0.15, 0.2) is 58.4 Å². The van der Waals surface area contributed by atoms with Crippen LogP contribution < -0.4 is 4.74 Å². The van der Waals surface area contributed by atoms with E-state index >= 15 is 0 Å². The number of aliphatic imine (C=N–C) groups is 1. The van der Waals surface area contributed by atoms with Crippen LogP contribution in [0.1, 0.15) is 16.7 Å². The number of thioether (sulfide) groups is 1. The lowest BCUT2D eigenvalue weighted by atomic mass is 10.1. The molecule has 6 heteroatoms. The number of carbonyl (C=O) groups excluding carboxylic acids is 1. The fraction of sp³-hybridized carbons (Fsp3) is 0.150. The molecule has 0 aromatic heterocycles. The summed E-state index contributed by atoms with van der Waals surface area (Å²) in [4.78, 5) is 18.6. The number of amidine groups is 1. The summed E-state index contributed by atoms with van der Waals surface area (Å²) in [6, 6.07) is 17.0. The van der Waals surface area contributed by atoms with Crippen LogP contribution in [0.2, 0.25) is 0 Å². The Bertz CT molecular complexity index is 944. The third-order valence-corrected chi connectivity index (χ3v) is 5.07. The van der Waals surface area contributed by atoms with Gasteiger partial charge in [-0.1, -0.05) is 36.4 Å². The highest BCUT2D eigenvalue weighted by molar-refractivity contribution is 8.18. The van der Waals surface area contributed by atoms with Crippen molar-refractivity contribution in [2.24, 2.45) is 4.99 Å². The molecule has 0 unspecified atom stereocenters. The average Bonchev–Trinajstić information content (AvgIpc) is 2.95. The molecule has 0 spiro atoms. The highest BCUT2D eigenvalue weighted by Crippen LogP contribution is 2.33. The second-order valence-corrected chi connectivity index (χ2v) is 6.59. The Morgan fingerprint density at radius 3 is 2.69 bits per heavy atom. The molecule has 3 rings (SSSR count). The Hall–Kier alpha value is -3.04. The van der Waals surface area contributed by atoms with Gasteiger partial charge in [-0.2, -0.15) is 5.26 Å². The van der Waals surface area contributed by atoms with Crippen LogP contribution in [0.4, 0.5) is 0 Å². The molecule has 0 saturated carbocycles. The summed E-state index contributed by atoms with van der Waals surface area (Å²) in [7, 11) is 3.37. The predicted octanol–water partition coefficient (Wildman–Crippen LogP) is 3.67. The summed E-state index contributed by atoms with van der Waals surface area (Å²) < 4.78 is 5.93. The van der Waals surface area contributed by atoms with Crippen molar-refractivity contribution in [2.45, 2.75) is 6.61 Å². The lowest BCUT2D eigenvalue weighted by Gasteiger charge is -2.10. The first kappa shape index (κ1) is 17.8. The van der Waals surface area contributed by atoms with Gasteiger partial charge in [0.05, 0.1) is 16.5 Å². The first-order chi connectivity index (χ1) is 12.6. The van der Waals surface area contributed by atoms with Crippen LogP contribution in [-0.4, -0.2) is 30.1 Å². The fourth-order valence-corrected chi connectivity index (χ4v) is 3.45. The highest BCUT2D eigenvalue weighted by Gasteiger charge is 2.29. The van der Waals surface area contributed by atoms with Gasteiger partial charge < -0.3 is 4.74 Å². The molecule has 0 radical (unpaired) electrons. The molecule has 1 heterocycles. The standard InChI is InChI=1S/C20H17N3O2S/c1-22-20-23(2)19(24)18(26-20)11-14-7-5-6-10-17(14)25-13-16-9-4-3-8-15(16)12-21/h3-11H,13H2,1-2H3/b18-11+,22-20?. The Balaban J connectivity index is 1.85. The van der Waals surface area contributed by atoms with E-state index in [4.69, 9.17) is 4.74 Å². The van der Waals surface area contributed by atoms with Crippen molar-refractivity contribution in [1.82, 2.24) is 4.90 Å². The van der Waals surface area contributed by atoms with Gasteiger partial charge in [0.25, 0.3) is 5.91 Å². The van der Waals surface area contributed by atoms with Crippen molar-refractivity contribution in [3.8, 4) is 11.8 Å². The minimum atomic E-state index is -0.0831. The van der Waals surface area contributed by atoms with Gasteiger partial charge in [0.1, 0.15) is 12.4 Å². The summed E-state index contributed by atoms with van der Waals surface area (Å²) in [5.74, 6) is 0.575. The zero-order chi connectivity index (χ0) is 18.5. The van der Waals surface area contributed by atoms with Crippen LogP contribution in [0.25, 0.3) is 6.08 Å². The van der Waals surface area contributed by atoms with E-state index in [9.17, 15) is 10.1 Å². The van der Waals surface area contributed by atoms with E-state index in [0.29, 0.717) is 21.4 Å². The fourth-order valence-electron chi connectivity index (χ4n) is 2.53. The molecule has 2 aromatic carbocycles. The zero-order valence-corrected chi connectivity index (χ0v) is 15.3. The number of nitrogens with zero attached hydrogens (tertiary/aromatic N) is 3. The Labute approximate surface area is 156 Å². The second kappa shape index (κ2) is 7.89. The highest BCUT2D eigenvalue weighted by atomic mass is 32.2. The summed E-state index contributed by atoms with van der Waals surface area (Å²) in [5, 5.41) is 9.86. The Morgan fingerprint density at radius 2 is 1.96 bits per heavy atom. The van der Waals surface area contributed by atoms with E-state index in [0.717, 1.165) is 11.1 Å². The third kappa shape index (κ3) is 3.63. The molecule has 0 N–H and O–H groups in total. The monoisotopic (exact) mass is 363 g/mol. The minimum Gasteiger partial charge on any atom is -0.488 e. The van der Waals surface area contributed by atoms with Gasteiger partial charge in [0, 0.05) is 25.2 Å². The molecule has 1 aliphatic rings. The number of likely N-dealkylation sites (N-methyl/N-ethyl adjacent to an activating group) is 1. The maximum Gasteiger partial charge on any atom is 0.266 e. The van der Waals surface area contributed by atoms with Gasteiger partial charge in [0.2, 0.25) is 0 Å². The third-order valence-electron chi connectivity index (χ3n) is 3.92. The van der Waals surface area contributed by atoms with E-state index in [2.05, 4.69) is 11.1 Å². The largest absolute Gasteiger partial charge is 0.488 e. The van der Waals surface area contributed by atoms with E-state index in [1.165, 1.54) is 16.7 Å². The number of carbonyl (C=O) groups is 1. The lowest BCUT2D eigenvalue weighted by molar-refractivity contribution is -0.121. The molecular formula is C20H17N3O2S. The smallest absolute Gasteiger partial charge is 0.266 e. The molecule has 1 aliphatic heterocycles. The van der Waals surface area contributed by atoms with Crippen molar-refractivity contribution in [1.29, 1.82) is 5.26 Å². The van der Waals surface area contributed by atoms with Gasteiger partial charge >= 0.3 is 0 Å². The predicted molar refractivity (Wildman–Crippen MR) is 104 cm³/mol. The topological polar surface area (TPSA) is 65.7 Å². The van der Waals surface area contributed by atoms with E-state index in [-0.39, 0.29) is 12.5 Å². The van der Waals surface area contributed by atoms with Gasteiger partial charge in [0.15, 0.2) is 5.17 Å². The number of para-hydroxylation sites is 1. The number of benzene rings is 2. The van der Waals surface area contributed by atoms with Gasteiger partial charge in [-0.3, -0.25) is 14.7 Å². The number of ether oxygens (including phenoxy) is 1. The summed E-state index contributed by atoms with van der Waals surface area (Å²) in [6.07, 6.45) is 1.81. The van der Waals surface area contributed by atoms with Crippen molar-refractivity contribution in [3.05, 3.63) is 70.1 Å². The van der Waals surface area contributed by atoms with Crippen molar-refractivity contribution in [3.63, 3.8) is 0 Å². The van der Waals surface area contributed by atoms with Crippen LogP contribution in [0.5, 0.6) is 5.75 Å². The molecule has 26 heavy (non-hydrogen) atoms. The summed E-state index contributed by atoms with van der Waals surface area (Å²) in [5.41, 5.74) is 2.22. The quantitative estimate of drug-likeness (QED) is 0.778. The van der Waals surface area contributed by atoms with E-state index < -0.39 is 0 Å². The molecule has 1 fully saturated rings. The van der Waals surface area contributed by atoms with E-state index in [1.54, 1.807) is 20.2 Å². The average molecular weight is 363 g/mol. The summed E-state index contributed by atoms with van der Waals surface area (Å²) in [6.45, 7) is 0.284. The second-order valence-electron chi connectivity index (χ2n) is 5.58. The maximum absolute atomic E-state index is 12.3. The van der Waals surface area contributed by atoms with Gasteiger partial charge in [-0.25, -0.2) is 0 Å². The minimum absolute atomic E-state index is 0.0831. The Morgan fingerprint density at radius 1 is 1.23 bits per heavy atom. The molecule has 5 nitrogen and oxygen atoms in total. The van der Waals surface area contributed by atoms with E-state index in [1.807, 2.05) is 48.5 Å². The van der Waals surface area contributed by atoms with Crippen molar-refractivity contribution < 1.29 is 9.53 Å². The number of rotatable bonds is 4. The molecule has 130 valence electrons. The molecule has 2 aromatic rings. The molecule has 1 saturated heterocycles. The first-order valence-corrected chi connectivity index (χ1v) is 8.80.